The molecule has 0 saturated carbocycles. The fourth-order valence-electron chi connectivity index (χ4n) is 4.25. The molecule has 0 atom stereocenters. The Labute approximate surface area is 268 Å². The first kappa shape index (κ1) is 32.3. The third-order valence-corrected chi connectivity index (χ3v) is 7.48. The second kappa shape index (κ2) is 13.9. The summed E-state index contributed by atoms with van der Waals surface area (Å²) in [4.78, 5) is 36.4. The van der Waals surface area contributed by atoms with Gasteiger partial charge in [0.05, 0.1) is 33.9 Å². The molecule has 0 radical (unpaired) electrons. The molecule has 0 bridgehead atoms. The number of pyridine rings is 2. The number of halogens is 1. The van der Waals surface area contributed by atoms with E-state index in [1.54, 1.807) is 43.5 Å². The van der Waals surface area contributed by atoms with E-state index in [0.717, 1.165) is 16.5 Å². The Morgan fingerprint density at radius 3 is 2.54 bits per heavy atom. The summed E-state index contributed by atoms with van der Waals surface area (Å²) in [6.07, 6.45) is 2.87. The summed E-state index contributed by atoms with van der Waals surface area (Å²) in [5, 5.41) is 8.74. The largest absolute Gasteiger partial charge is 0.453 e. The van der Waals surface area contributed by atoms with Crippen LogP contribution in [-0.4, -0.2) is 58.0 Å². The van der Waals surface area contributed by atoms with Gasteiger partial charge in [-0.25, -0.2) is 14.0 Å². The maximum atomic E-state index is 15.0. The summed E-state index contributed by atoms with van der Waals surface area (Å²) >= 11 is 1.41. The van der Waals surface area contributed by atoms with Crippen molar-refractivity contribution >= 4 is 45.2 Å². The van der Waals surface area contributed by atoms with Crippen molar-refractivity contribution in [2.45, 2.75) is 39.8 Å². The van der Waals surface area contributed by atoms with Crippen LogP contribution in [0.25, 0.3) is 20.8 Å². The minimum atomic E-state index is -0.667. The van der Waals surface area contributed by atoms with Crippen LogP contribution >= 0.6 is 11.3 Å². The number of carbonyl (C=O) groups is 2. The number of rotatable bonds is 10. The first-order valence-electron chi connectivity index (χ1n) is 14.3. The van der Waals surface area contributed by atoms with Crippen molar-refractivity contribution in [3.63, 3.8) is 0 Å². The number of aromatic nitrogens is 3. The van der Waals surface area contributed by atoms with Crippen molar-refractivity contribution in [2.24, 2.45) is 0 Å². The van der Waals surface area contributed by atoms with Gasteiger partial charge in [0.1, 0.15) is 17.1 Å². The highest BCUT2D eigenvalue weighted by Gasteiger charge is 2.22. The number of nitrogens with one attached hydrogen (secondary N) is 2. The molecule has 46 heavy (non-hydrogen) atoms. The van der Waals surface area contributed by atoms with Crippen molar-refractivity contribution in [3.8, 4) is 22.1 Å². The van der Waals surface area contributed by atoms with Gasteiger partial charge in [-0.2, -0.15) is 0 Å². The molecule has 5 aromatic rings. The molecular formula is C32H33FN6O6S. The van der Waals surface area contributed by atoms with E-state index in [1.807, 2.05) is 39.0 Å². The number of ether oxygens (including phenoxy) is 3. The predicted octanol–water partition coefficient (Wildman–Crippen LogP) is 7.61. The van der Waals surface area contributed by atoms with Crippen LogP contribution < -0.4 is 15.4 Å². The molecule has 0 aliphatic rings. The van der Waals surface area contributed by atoms with Crippen LogP contribution in [0.1, 0.15) is 32.1 Å². The van der Waals surface area contributed by atoms with Crippen LogP contribution in [-0.2, 0) is 16.0 Å². The molecule has 3 amide bonds. The molecule has 4 heterocycles. The highest BCUT2D eigenvalue weighted by atomic mass is 32.1. The first-order chi connectivity index (χ1) is 22.0. The molecule has 5 rings (SSSR count). The monoisotopic (exact) mass is 648 g/mol. The molecule has 0 unspecified atom stereocenters. The van der Waals surface area contributed by atoms with Crippen LogP contribution in [0.5, 0.6) is 11.5 Å². The molecule has 4 aromatic heterocycles. The average Bonchev–Trinajstić information content (AvgIpc) is 3.62. The second-order valence-corrected chi connectivity index (χ2v) is 12.3. The van der Waals surface area contributed by atoms with Gasteiger partial charge in [0.25, 0.3) is 0 Å². The Balaban J connectivity index is 1.27. The van der Waals surface area contributed by atoms with Gasteiger partial charge in [0, 0.05) is 49.9 Å². The minimum Gasteiger partial charge on any atom is -0.453 e. The zero-order chi connectivity index (χ0) is 32.8. The van der Waals surface area contributed by atoms with Crippen molar-refractivity contribution in [3.05, 3.63) is 78.1 Å². The molecule has 14 heteroatoms. The lowest BCUT2D eigenvalue weighted by Gasteiger charge is -2.27. The van der Waals surface area contributed by atoms with E-state index in [1.165, 1.54) is 23.5 Å². The van der Waals surface area contributed by atoms with Crippen molar-refractivity contribution in [1.82, 2.24) is 20.0 Å². The van der Waals surface area contributed by atoms with Crippen LogP contribution in [0.3, 0.4) is 0 Å². The number of carbonyl (C=O) groups excluding carboxylic acids is 2. The number of aryl methyl sites for hydroxylation is 1. The Bertz CT molecular complexity index is 1840. The van der Waals surface area contributed by atoms with E-state index in [-0.39, 0.29) is 17.3 Å². The molecule has 0 saturated heterocycles. The molecule has 0 fully saturated rings. The normalized spacial score (nSPS) is 11.3. The second-order valence-electron chi connectivity index (χ2n) is 11.2. The third-order valence-electron chi connectivity index (χ3n) is 6.32. The van der Waals surface area contributed by atoms with E-state index in [2.05, 4.69) is 25.8 Å². The van der Waals surface area contributed by atoms with E-state index in [4.69, 9.17) is 18.7 Å². The Hall–Kier alpha value is -5.08. The smallest absolute Gasteiger partial charge is 0.410 e. The highest BCUT2D eigenvalue weighted by molar-refractivity contribution is 7.22. The molecular weight excluding hydrogens is 615 g/mol. The Kier molecular flexibility index (Phi) is 9.78. The van der Waals surface area contributed by atoms with Gasteiger partial charge >= 0.3 is 12.1 Å². The van der Waals surface area contributed by atoms with Gasteiger partial charge in [-0.3, -0.25) is 15.3 Å². The first-order valence-corrected chi connectivity index (χ1v) is 15.1. The number of anilines is 2. The van der Waals surface area contributed by atoms with Gasteiger partial charge in [-0.05, 0) is 57.5 Å². The lowest BCUT2D eigenvalue weighted by atomic mass is 10.2. The van der Waals surface area contributed by atoms with Crippen LogP contribution in [0, 0.1) is 12.7 Å². The van der Waals surface area contributed by atoms with Gasteiger partial charge in [0.15, 0.2) is 17.4 Å². The molecule has 0 aliphatic heterocycles. The number of amides is 3. The summed E-state index contributed by atoms with van der Waals surface area (Å²) in [5.41, 5.74) is 1.80. The summed E-state index contributed by atoms with van der Waals surface area (Å²) in [6, 6.07) is 12.4. The number of hydrogen-bond donors (Lipinski definition) is 2. The molecule has 0 aliphatic carbocycles. The van der Waals surface area contributed by atoms with E-state index in [0.29, 0.717) is 47.1 Å². The Morgan fingerprint density at radius 1 is 1.04 bits per heavy atom. The molecule has 12 nitrogen and oxygen atoms in total. The number of thiophene rings is 1. The van der Waals surface area contributed by atoms with Gasteiger partial charge in [0.2, 0.25) is 0 Å². The maximum Gasteiger partial charge on any atom is 0.410 e. The number of nitrogens with zero attached hydrogens (tertiary/aromatic N) is 4. The number of urea groups is 1. The molecule has 0 spiro atoms. The summed E-state index contributed by atoms with van der Waals surface area (Å²) in [7, 11) is 1.58. The van der Waals surface area contributed by atoms with Gasteiger partial charge < -0.3 is 29.0 Å². The summed E-state index contributed by atoms with van der Waals surface area (Å²) in [5.74, 6) is 0.507. The van der Waals surface area contributed by atoms with Crippen LogP contribution in [0.15, 0.2) is 65.4 Å². The van der Waals surface area contributed by atoms with Crippen molar-refractivity contribution < 1.29 is 32.7 Å². The van der Waals surface area contributed by atoms with Crippen molar-refractivity contribution in [2.75, 3.05) is 30.9 Å². The van der Waals surface area contributed by atoms with Gasteiger partial charge in [-0.1, -0.05) is 11.2 Å². The lowest BCUT2D eigenvalue weighted by molar-refractivity contribution is 0.0183. The average molecular weight is 649 g/mol. The lowest BCUT2D eigenvalue weighted by Crippen LogP contribution is -2.38. The fraction of sp³-hybridized carbons (Fsp3) is 0.281. The van der Waals surface area contributed by atoms with Crippen LogP contribution in [0.4, 0.5) is 25.5 Å². The number of benzene rings is 1. The van der Waals surface area contributed by atoms with E-state index in [9.17, 15) is 9.59 Å². The highest BCUT2D eigenvalue weighted by Crippen LogP contribution is 2.39. The van der Waals surface area contributed by atoms with E-state index < -0.39 is 23.5 Å². The quantitative estimate of drug-likeness (QED) is 0.156. The standard InChI is InChI=1S/C32H33FN6O6S/c1-19-14-28(38-45-19)37-30(40)36-21-7-9-25(22(33)15-21)43-26-10-11-34-24-16-27(46-29(24)26)23-8-6-20(17-35-23)18-39(12-13-42-5)31(41)44-32(2,3)4/h6-11,14-17H,12-13,18H2,1-5H3,(H2,36,37,38,40). The zero-order valence-corrected chi connectivity index (χ0v) is 26.7. The van der Waals surface area contributed by atoms with Crippen LogP contribution in [0.2, 0.25) is 0 Å². The minimum absolute atomic E-state index is 0.0222. The summed E-state index contributed by atoms with van der Waals surface area (Å²) < 4.78 is 37.3. The van der Waals surface area contributed by atoms with E-state index >= 15 is 4.39 Å². The molecule has 2 N–H and O–H groups in total. The van der Waals surface area contributed by atoms with Crippen molar-refractivity contribution in [1.29, 1.82) is 0 Å². The Morgan fingerprint density at radius 2 is 1.87 bits per heavy atom. The summed E-state index contributed by atoms with van der Waals surface area (Å²) in [6.45, 7) is 8.21. The zero-order valence-electron chi connectivity index (χ0n) is 25.9. The third kappa shape index (κ3) is 8.34. The topological polar surface area (TPSA) is 141 Å². The number of fused-ring (bicyclic) bond motifs is 1. The fourth-order valence-corrected chi connectivity index (χ4v) is 5.29. The van der Waals surface area contributed by atoms with Gasteiger partial charge in [-0.15, -0.1) is 11.3 Å². The predicted molar refractivity (Wildman–Crippen MR) is 172 cm³/mol. The molecule has 1 aromatic carbocycles. The SMILES string of the molecule is COCCN(Cc1ccc(-c2cc3nccc(Oc4ccc(NC(=O)Nc5cc(C)on5)cc4F)c3s2)nc1)C(=O)OC(C)(C)C. The maximum absolute atomic E-state index is 15.0. The molecule has 240 valence electrons. The number of methoxy groups -OCH3 is 1. The number of hydrogen-bond acceptors (Lipinski definition) is 10.